The van der Waals surface area contributed by atoms with Crippen LogP contribution >= 0.6 is 0 Å². The summed E-state index contributed by atoms with van der Waals surface area (Å²) in [6, 6.07) is 12.9. The van der Waals surface area contributed by atoms with Crippen LogP contribution in [0.15, 0.2) is 47.1 Å². The Balaban J connectivity index is 1.45. The van der Waals surface area contributed by atoms with Gasteiger partial charge < -0.3 is 14.3 Å². The van der Waals surface area contributed by atoms with Crippen molar-refractivity contribution in [2.75, 3.05) is 13.2 Å². The molecule has 1 fully saturated rings. The van der Waals surface area contributed by atoms with Gasteiger partial charge in [0.2, 0.25) is 0 Å². The van der Waals surface area contributed by atoms with Gasteiger partial charge in [-0.25, -0.2) is 0 Å². The zero-order chi connectivity index (χ0) is 16.1. The fourth-order valence-corrected chi connectivity index (χ4v) is 2.72. The lowest BCUT2D eigenvalue weighted by molar-refractivity contribution is 0.00246. The normalized spacial score (nSPS) is 16.0. The number of nitrogens with zero attached hydrogens (tertiary/aromatic N) is 1. The minimum Gasteiger partial charge on any atom is -0.467 e. The lowest BCUT2D eigenvalue weighted by Crippen LogP contribution is -2.36. The molecule has 1 heterocycles. The van der Waals surface area contributed by atoms with Crippen molar-refractivity contribution >= 4 is 0 Å². The summed E-state index contributed by atoms with van der Waals surface area (Å²) in [7, 11) is 0. The summed E-state index contributed by atoms with van der Waals surface area (Å²) in [6.07, 6.45) is 3.61. The average molecular weight is 315 g/mol. The fraction of sp³-hybridized carbons (Fsp3) is 0.474. The van der Waals surface area contributed by atoms with Gasteiger partial charge in [-0.15, -0.1) is 0 Å². The van der Waals surface area contributed by atoms with Crippen molar-refractivity contribution in [3.8, 4) is 0 Å². The summed E-state index contributed by atoms with van der Waals surface area (Å²) in [6.45, 7) is 4.38. The molecule has 1 N–H and O–H groups in total. The van der Waals surface area contributed by atoms with Gasteiger partial charge in [0, 0.05) is 19.1 Å². The van der Waals surface area contributed by atoms with E-state index in [-0.39, 0.29) is 0 Å². The molecular formula is C19H25NO3. The molecule has 1 aliphatic rings. The molecule has 3 rings (SSSR count). The number of aliphatic hydroxyl groups is 1. The predicted octanol–water partition coefficient (Wildman–Crippen LogP) is 3.13. The third-order valence-electron chi connectivity index (χ3n) is 4.15. The van der Waals surface area contributed by atoms with E-state index in [1.165, 1.54) is 24.0 Å². The Bertz CT molecular complexity index is 575. The number of aryl methyl sites for hydroxylation is 1. The minimum atomic E-state index is -0.476. The highest BCUT2D eigenvalue weighted by Crippen LogP contribution is 2.28. The molecule has 23 heavy (non-hydrogen) atoms. The minimum absolute atomic E-state index is 0.331. The van der Waals surface area contributed by atoms with Crippen LogP contribution in [0.3, 0.4) is 0 Å². The number of hydrogen-bond acceptors (Lipinski definition) is 4. The molecule has 4 heteroatoms. The van der Waals surface area contributed by atoms with Crippen LogP contribution in [-0.2, 0) is 17.9 Å². The molecule has 124 valence electrons. The quantitative estimate of drug-likeness (QED) is 0.772. The van der Waals surface area contributed by atoms with Crippen LogP contribution in [0.25, 0.3) is 0 Å². The fourth-order valence-electron chi connectivity index (χ4n) is 2.72. The van der Waals surface area contributed by atoms with E-state index in [4.69, 9.17) is 9.15 Å². The Hall–Kier alpha value is -1.62. The van der Waals surface area contributed by atoms with Gasteiger partial charge in [0.1, 0.15) is 12.4 Å². The predicted molar refractivity (Wildman–Crippen MR) is 89.0 cm³/mol. The maximum absolute atomic E-state index is 10.2. The number of furan rings is 1. The first kappa shape index (κ1) is 16.2. The largest absolute Gasteiger partial charge is 0.467 e. The van der Waals surface area contributed by atoms with Crippen molar-refractivity contribution in [2.24, 2.45) is 0 Å². The third-order valence-corrected chi connectivity index (χ3v) is 4.15. The molecule has 0 unspecified atom stereocenters. The van der Waals surface area contributed by atoms with Crippen molar-refractivity contribution in [3.63, 3.8) is 0 Å². The van der Waals surface area contributed by atoms with Gasteiger partial charge in [0.15, 0.2) is 0 Å². The van der Waals surface area contributed by atoms with E-state index < -0.39 is 6.10 Å². The Kier molecular flexibility index (Phi) is 5.49. The summed E-state index contributed by atoms with van der Waals surface area (Å²) in [4.78, 5) is 2.37. The molecule has 1 saturated carbocycles. The Labute approximate surface area is 137 Å². The van der Waals surface area contributed by atoms with E-state index in [0.717, 1.165) is 12.3 Å². The Morgan fingerprint density at radius 3 is 2.70 bits per heavy atom. The lowest BCUT2D eigenvalue weighted by Gasteiger charge is -2.25. The number of aliphatic hydroxyl groups excluding tert-OH is 1. The third kappa shape index (κ3) is 5.20. The van der Waals surface area contributed by atoms with Crippen molar-refractivity contribution in [2.45, 2.75) is 45.1 Å². The molecule has 0 saturated heterocycles. The van der Waals surface area contributed by atoms with Crippen LogP contribution in [0.4, 0.5) is 0 Å². The molecule has 0 amide bonds. The summed E-state index contributed by atoms with van der Waals surface area (Å²) >= 11 is 0. The zero-order valence-electron chi connectivity index (χ0n) is 13.6. The first-order valence-electron chi connectivity index (χ1n) is 8.28. The van der Waals surface area contributed by atoms with Crippen LogP contribution in [-0.4, -0.2) is 35.3 Å². The maximum atomic E-state index is 10.2. The summed E-state index contributed by atoms with van der Waals surface area (Å²) in [5, 5.41) is 10.2. The second-order valence-corrected chi connectivity index (χ2v) is 6.39. The molecular weight excluding hydrogens is 290 g/mol. The van der Waals surface area contributed by atoms with Crippen LogP contribution in [0.2, 0.25) is 0 Å². The van der Waals surface area contributed by atoms with Gasteiger partial charge >= 0.3 is 0 Å². The average Bonchev–Trinajstić information content (AvgIpc) is 3.26. The van der Waals surface area contributed by atoms with Crippen molar-refractivity contribution < 1.29 is 14.3 Å². The zero-order valence-corrected chi connectivity index (χ0v) is 13.6. The standard InChI is InChI=1S/C19H25NO3/c1-15-4-6-16(7-5-15)11-20(17-8-9-17)12-18(21)13-22-14-19-3-2-10-23-19/h2-7,10,17-18,21H,8-9,11-14H2,1H3/t18-/m1/s1. The molecule has 2 aromatic rings. The maximum Gasteiger partial charge on any atom is 0.129 e. The van der Waals surface area contributed by atoms with E-state index in [1.54, 1.807) is 6.26 Å². The molecule has 0 spiro atoms. The molecule has 1 aromatic heterocycles. The molecule has 0 bridgehead atoms. The first-order chi connectivity index (χ1) is 11.2. The van der Waals surface area contributed by atoms with Crippen molar-refractivity contribution in [1.82, 2.24) is 4.90 Å². The van der Waals surface area contributed by atoms with Crippen molar-refractivity contribution in [1.29, 1.82) is 0 Å². The summed E-state index contributed by atoms with van der Waals surface area (Å²) in [5.41, 5.74) is 2.57. The monoisotopic (exact) mass is 315 g/mol. The SMILES string of the molecule is Cc1ccc(CN(C[C@@H](O)COCc2ccco2)C2CC2)cc1. The van der Waals surface area contributed by atoms with Crippen LogP contribution in [0.1, 0.15) is 29.7 Å². The van der Waals surface area contributed by atoms with Gasteiger partial charge in [-0.1, -0.05) is 29.8 Å². The van der Waals surface area contributed by atoms with E-state index >= 15 is 0 Å². The molecule has 1 aliphatic carbocycles. The van der Waals surface area contributed by atoms with Gasteiger partial charge in [0.05, 0.1) is 19.0 Å². The lowest BCUT2D eigenvalue weighted by atomic mass is 10.1. The second-order valence-electron chi connectivity index (χ2n) is 6.39. The number of ether oxygens (including phenoxy) is 1. The molecule has 0 radical (unpaired) electrons. The first-order valence-corrected chi connectivity index (χ1v) is 8.28. The van der Waals surface area contributed by atoms with Gasteiger partial charge in [0.25, 0.3) is 0 Å². The number of rotatable bonds is 9. The van der Waals surface area contributed by atoms with Gasteiger partial charge in [-0.3, -0.25) is 4.90 Å². The highest BCUT2D eigenvalue weighted by Gasteiger charge is 2.30. The second kappa shape index (κ2) is 7.77. The van der Waals surface area contributed by atoms with E-state index in [1.807, 2.05) is 12.1 Å². The highest BCUT2D eigenvalue weighted by molar-refractivity contribution is 5.21. The summed E-state index contributed by atoms with van der Waals surface area (Å²) < 4.78 is 10.8. The Morgan fingerprint density at radius 2 is 2.04 bits per heavy atom. The van der Waals surface area contributed by atoms with Gasteiger partial charge in [-0.2, -0.15) is 0 Å². The van der Waals surface area contributed by atoms with Crippen LogP contribution < -0.4 is 0 Å². The molecule has 1 aromatic carbocycles. The van der Waals surface area contributed by atoms with Gasteiger partial charge in [-0.05, 0) is 37.5 Å². The molecule has 0 aliphatic heterocycles. The van der Waals surface area contributed by atoms with Crippen molar-refractivity contribution in [3.05, 3.63) is 59.5 Å². The highest BCUT2D eigenvalue weighted by atomic mass is 16.5. The number of benzene rings is 1. The molecule has 1 atom stereocenters. The van der Waals surface area contributed by atoms with Crippen LogP contribution in [0, 0.1) is 6.92 Å². The summed E-state index contributed by atoms with van der Waals surface area (Å²) in [5.74, 6) is 0.788. The number of hydrogen-bond donors (Lipinski definition) is 1. The topological polar surface area (TPSA) is 45.8 Å². The van der Waals surface area contributed by atoms with E-state index in [9.17, 15) is 5.11 Å². The van der Waals surface area contributed by atoms with E-state index in [2.05, 4.69) is 36.1 Å². The van der Waals surface area contributed by atoms with E-state index in [0.29, 0.717) is 25.8 Å². The smallest absolute Gasteiger partial charge is 0.129 e. The Morgan fingerprint density at radius 1 is 1.26 bits per heavy atom. The molecule has 4 nitrogen and oxygen atoms in total. The van der Waals surface area contributed by atoms with Crippen LogP contribution in [0.5, 0.6) is 0 Å².